The summed E-state index contributed by atoms with van der Waals surface area (Å²) in [6.45, 7) is 0.741. The smallest absolute Gasteiger partial charge is 0.307 e. The molecule has 2 heterocycles. The maximum Gasteiger partial charge on any atom is 0.307 e. The van der Waals surface area contributed by atoms with Crippen molar-refractivity contribution in [2.75, 3.05) is 0 Å². The largest absolute Gasteiger partial charge is 0.451 e. The SMILES string of the molecule is O=C(N/N=C/c1cn(Cc2ccc3ccccc3c2)c2ccccc12)c1cc2ccccc2o1. The van der Waals surface area contributed by atoms with Crippen LogP contribution in [0.4, 0.5) is 0 Å². The van der Waals surface area contributed by atoms with Crippen LogP contribution >= 0.6 is 0 Å². The second kappa shape index (κ2) is 8.37. The molecule has 0 bridgehead atoms. The van der Waals surface area contributed by atoms with E-state index in [9.17, 15) is 4.79 Å². The molecular formula is C29H21N3O2. The number of furan rings is 1. The van der Waals surface area contributed by atoms with Crippen molar-refractivity contribution in [3.8, 4) is 0 Å². The van der Waals surface area contributed by atoms with Crippen molar-refractivity contribution in [2.45, 2.75) is 6.54 Å². The number of amides is 1. The highest BCUT2D eigenvalue weighted by Crippen LogP contribution is 2.23. The lowest BCUT2D eigenvalue weighted by Gasteiger charge is -2.07. The second-order valence-corrected chi connectivity index (χ2v) is 8.26. The summed E-state index contributed by atoms with van der Waals surface area (Å²) in [6.07, 6.45) is 3.75. The number of carbonyl (C=O) groups excluding carboxylic acids is 1. The van der Waals surface area contributed by atoms with Crippen molar-refractivity contribution in [2.24, 2.45) is 5.10 Å². The second-order valence-electron chi connectivity index (χ2n) is 8.26. The van der Waals surface area contributed by atoms with E-state index < -0.39 is 0 Å². The molecule has 0 aliphatic carbocycles. The van der Waals surface area contributed by atoms with Crippen LogP contribution in [-0.4, -0.2) is 16.7 Å². The van der Waals surface area contributed by atoms with Crippen LogP contribution in [0.2, 0.25) is 0 Å². The molecule has 0 fully saturated rings. The number of hydrazone groups is 1. The fourth-order valence-corrected chi connectivity index (χ4v) is 4.35. The highest BCUT2D eigenvalue weighted by molar-refractivity contribution is 6.01. The number of carbonyl (C=O) groups is 1. The van der Waals surface area contributed by atoms with Gasteiger partial charge in [-0.3, -0.25) is 4.79 Å². The molecule has 164 valence electrons. The lowest BCUT2D eigenvalue weighted by molar-refractivity contribution is 0.0929. The Labute approximate surface area is 195 Å². The Bertz CT molecular complexity index is 1660. The van der Waals surface area contributed by atoms with Gasteiger partial charge in [0, 0.05) is 34.6 Å². The van der Waals surface area contributed by atoms with Gasteiger partial charge in [-0.1, -0.05) is 72.8 Å². The lowest BCUT2D eigenvalue weighted by Crippen LogP contribution is -2.16. The minimum Gasteiger partial charge on any atom is -0.451 e. The van der Waals surface area contributed by atoms with Crippen LogP contribution in [0.15, 0.2) is 113 Å². The van der Waals surface area contributed by atoms with Crippen molar-refractivity contribution in [3.63, 3.8) is 0 Å². The zero-order chi connectivity index (χ0) is 22.9. The number of nitrogens with zero attached hydrogens (tertiary/aromatic N) is 2. The predicted molar refractivity (Wildman–Crippen MR) is 136 cm³/mol. The van der Waals surface area contributed by atoms with Crippen molar-refractivity contribution < 1.29 is 9.21 Å². The lowest BCUT2D eigenvalue weighted by atomic mass is 10.1. The first-order valence-electron chi connectivity index (χ1n) is 11.1. The molecule has 0 aliphatic heterocycles. The van der Waals surface area contributed by atoms with Crippen molar-refractivity contribution in [1.82, 2.24) is 9.99 Å². The Morgan fingerprint density at radius 1 is 0.853 bits per heavy atom. The summed E-state index contributed by atoms with van der Waals surface area (Å²) in [5.74, 6) is -0.149. The predicted octanol–water partition coefficient (Wildman–Crippen LogP) is 6.35. The van der Waals surface area contributed by atoms with Gasteiger partial charge >= 0.3 is 5.91 Å². The van der Waals surface area contributed by atoms with E-state index in [-0.39, 0.29) is 11.7 Å². The van der Waals surface area contributed by atoms with Crippen LogP contribution in [-0.2, 0) is 6.54 Å². The Hall–Kier alpha value is -4.64. The Kier molecular flexibility index (Phi) is 4.92. The maximum absolute atomic E-state index is 12.5. The number of rotatable bonds is 5. The summed E-state index contributed by atoms with van der Waals surface area (Å²) in [6, 6.07) is 32.4. The average molecular weight is 444 g/mol. The number of hydrogen-bond donors (Lipinski definition) is 1. The normalized spacial score (nSPS) is 11.6. The van der Waals surface area contributed by atoms with Crippen LogP contribution in [0, 0.1) is 0 Å². The van der Waals surface area contributed by atoms with Gasteiger partial charge in [-0.15, -0.1) is 0 Å². The highest BCUT2D eigenvalue weighted by atomic mass is 16.3. The molecule has 0 radical (unpaired) electrons. The number of fused-ring (bicyclic) bond motifs is 3. The van der Waals surface area contributed by atoms with E-state index in [0.29, 0.717) is 5.58 Å². The Balaban J connectivity index is 1.25. The average Bonchev–Trinajstić information content (AvgIpc) is 3.46. The highest BCUT2D eigenvalue weighted by Gasteiger charge is 2.12. The fraction of sp³-hybridized carbons (Fsp3) is 0.0345. The molecule has 5 nitrogen and oxygen atoms in total. The van der Waals surface area contributed by atoms with Gasteiger partial charge in [0.1, 0.15) is 5.58 Å². The summed E-state index contributed by atoms with van der Waals surface area (Å²) in [7, 11) is 0. The molecule has 4 aromatic carbocycles. The topological polar surface area (TPSA) is 59.5 Å². The van der Waals surface area contributed by atoms with Crippen molar-refractivity contribution in [3.05, 3.63) is 120 Å². The molecule has 2 aromatic heterocycles. The van der Waals surface area contributed by atoms with E-state index in [2.05, 4.69) is 75.9 Å². The van der Waals surface area contributed by atoms with Crippen molar-refractivity contribution >= 4 is 44.8 Å². The molecule has 34 heavy (non-hydrogen) atoms. The molecule has 6 rings (SSSR count). The third kappa shape index (κ3) is 3.73. The molecule has 0 unspecified atom stereocenters. The summed E-state index contributed by atoms with van der Waals surface area (Å²) in [5.41, 5.74) is 6.52. The first-order chi connectivity index (χ1) is 16.7. The number of benzene rings is 4. The third-order valence-electron chi connectivity index (χ3n) is 6.01. The Morgan fingerprint density at radius 3 is 2.50 bits per heavy atom. The monoisotopic (exact) mass is 443 g/mol. The van der Waals surface area contributed by atoms with E-state index in [1.54, 1.807) is 12.3 Å². The van der Waals surface area contributed by atoms with Gasteiger partial charge in [0.2, 0.25) is 0 Å². The molecule has 0 saturated heterocycles. The molecule has 0 aliphatic rings. The number of nitrogens with one attached hydrogen (secondary N) is 1. The summed E-state index contributed by atoms with van der Waals surface area (Å²) >= 11 is 0. The quantitative estimate of drug-likeness (QED) is 0.249. The third-order valence-corrected chi connectivity index (χ3v) is 6.01. The number of aromatic nitrogens is 1. The van der Waals surface area contributed by atoms with Crippen molar-refractivity contribution in [1.29, 1.82) is 0 Å². The number of para-hydroxylation sites is 2. The zero-order valence-electron chi connectivity index (χ0n) is 18.3. The zero-order valence-corrected chi connectivity index (χ0v) is 18.3. The molecule has 1 amide bonds. The molecule has 6 aromatic rings. The maximum atomic E-state index is 12.5. The van der Waals surface area contributed by atoms with E-state index in [4.69, 9.17) is 4.42 Å². The van der Waals surface area contributed by atoms with E-state index in [1.807, 2.05) is 36.4 Å². The molecular weight excluding hydrogens is 422 g/mol. The van der Waals surface area contributed by atoms with Gasteiger partial charge in [0.15, 0.2) is 5.76 Å². The molecule has 1 N–H and O–H groups in total. The van der Waals surface area contributed by atoms with Crippen LogP contribution in [0.5, 0.6) is 0 Å². The Morgan fingerprint density at radius 2 is 1.62 bits per heavy atom. The van der Waals surface area contributed by atoms with Gasteiger partial charge < -0.3 is 8.98 Å². The van der Waals surface area contributed by atoms with E-state index in [1.165, 1.54) is 16.3 Å². The molecule has 0 saturated carbocycles. The molecule has 0 atom stereocenters. The first kappa shape index (κ1) is 20.0. The van der Waals surface area contributed by atoms with Gasteiger partial charge in [-0.05, 0) is 40.6 Å². The van der Waals surface area contributed by atoms with Crippen LogP contribution in [0.1, 0.15) is 21.7 Å². The fourth-order valence-electron chi connectivity index (χ4n) is 4.35. The van der Waals surface area contributed by atoms with E-state index >= 15 is 0 Å². The summed E-state index contributed by atoms with van der Waals surface area (Å²) in [5, 5.41) is 8.62. The van der Waals surface area contributed by atoms with Gasteiger partial charge in [-0.2, -0.15) is 5.10 Å². The minimum absolute atomic E-state index is 0.233. The van der Waals surface area contributed by atoms with Crippen LogP contribution in [0.25, 0.3) is 32.6 Å². The van der Waals surface area contributed by atoms with Gasteiger partial charge in [-0.25, -0.2) is 5.43 Å². The first-order valence-corrected chi connectivity index (χ1v) is 11.1. The van der Waals surface area contributed by atoms with Crippen LogP contribution in [0.3, 0.4) is 0 Å². The molecule has 0 spiro atoms. The summed E-state index contributed by atoms with van der Waals surface area (Å²) in [4.78, 5) is 12.5. The number of hydrogen-bond acceptors (Lipinski definition) is 3. The van der Waals surface area contributed by atoms with Gasteiger partial charge in [0.25, 0.3) is 0 Å². The van der Waals surface area contributed by atoms with Gasteiger partial charge in [0.05, 0.1) is 6.21 Å². The van der Waals surface area contributed by atoms with Crippen LogP contribution < -0.4 is 5.43 Å². The summed E-state index contributed by atoms with van der Waals surface area (Å²) < 4.78 is 7.82. The molecule has 5 heteroatoms. The standard InChI is InChI=1S/C29H21N3O2/c33-29(28-16-23-9-3-6-12-27(23)34-28)31-30-17-24-19-32(26-11-5-4-10-25(24)26)18-20-13-14-21-7-1-2-8-22(21)15-20/h1-17,19H,18H2,(H,31,33)/b30-17+. The minimum atomic E-state index is -0.382. The van der Waals surface area contributed by atoms with E-state index in [0.717, 1.165) is 28.4 Å².